The number of pyridine rings is 1. The van der Waals surface area contributed by atoms with Gasteiger partial charge in [-0.2, -0.15) is 11.8 Å². The molecule has 0 amide bonds. The normalized spacial score (nSPS) is 21.3. The zero-order chi connectivity index (χ0) is 28.3. The van der Waals surface area contributed by atoms with Gasteiger partial charge in [0.15, 0.2) is 18.2 Å². The Kier molecular flexibility index (Phi) is 7.18. The summed E-state index contributed by atoms with van der Waals surface area (Å²) in [7, 11) is -5.19. The van der Waals surface area contributed by atoms with Crippen molar-refractivity contribution in [1.29, 1.82) is 0 Å². The molecule has 10 heteroatoms. The van der Waals surface area contributed by atoms with Gasteiger partial charge in [0, 0.05) is 53.7 Å². The maximum absolute atomic E-state index is 12.3. The number of nitrogens with zero attached hydrogens (tertiary/aromatic N) is 4. The van der Waals surface area contributed by atoms with Gasteiger partial charge in [0.1, 0.15) is 11.6 Å². The van der Waals surface area contributed by atoms with Gasteiger partial charge in [-0.1, -0.05) is 45.0 Å². The maximum Gasteiger partial charge on any atom is 0.192 e. The number of hydrogen-bond donors (Lipinski definition) is 0. The molecule has 0 spiro atoms. The number of fused-ring (bicyclic) bond motifs is 1. The first kappa shape index (κ1) is 28.5. The second-order valence-corrected chi connectivity index (χ2v) is 21.4. The van der Waals surface area contributed by atoms with Crippen molar-refractivity contribution in [3.63, 3.8) is 0 Å². The number of rotatable bonds is 7. The quantitative estimate of drug-likeness (QED) is 0.320. The Hall–Kier alpha value is -2.01. The summed E-state index contributed by atoms with van der Waals surface area (Å²) in [5, 5.41) is 9.63. The van der Waals surface area contributed by atoms with E-state index in [9.17, 15) is 8.42 Å². The molecule has 39 heavy (non-hydrogen) atoms. The van der Waals surface area contributed by atoms with Gasteiger partial charge < -0.3 is 8.99 Å². The molecule has 7 nitrogen and oxygen atoms in total. The van der Waals surface area contributed by atoms with Gasteiger partial charge in [0.25, 0.3) is 0 Å². The predicted molar refractivity (Wildman–Crippen MR) is 161 cm³/mol. The molecule has 0 unspecified atom stereocenters. The van der Waals surface area contributed by atoms with Gasteiger partial charge >= 0.3 is 0 Å². The van der Waals surface area contributed by atoms with E-state index in [1.807, 2.05) is 36.0 Å². The van der Waals surface area contributed by atoms with E-state index in [-0.39, 0.29) is 15.2 Å². The summed E-state index contributed by atoms with van der Waals surface area (Å²) in [4.78, 5) is 5.17. The van der Waals surface area contributed by atoms with Crippen molar-refractivity contribution in [2.45, 2.75) is 86.7 Å². The predicted octanol–water partition coefficient (Wildman–Crippen LogP) is 5.89. The number of benzene rings is 1. The second-order valence-electron chi connectivity index (χ2n) is 12.9. The topological polar surface area (TPSA) is 87.0 Å². The third kappa shape index (κ3) is 5.49. The van der Waals surface area contributed by atoms with E-state index in [1.54, 1.807) is 18.3 Å². The number of aromatic nitrogens is 4. The van der Waals surface area contributed by atoms with Gasteiger partial charge in [-0.3, -0.25) is 4.98 Å². The highest BCUT2D eigenvalue weighted by Gasteiger charge is 2.52. The molecule has 1 aromatic carbocycles. The summed E-state index contributed by atoms with van der Waals surface area (Å²) in [5.41, 5.74) is 2.21. The SMILES string of the molecule is CC(C)(C)[Si](C)(C)OC[C@@]1(C)Cc2nnc(C3(c4ccc(-c5ccccc5S(C)(=O)=O)cn4)CC3)n2CCS1. The Morgan fingerprint density at radius 2 is 1.82 bits per heavy atom. The van der Waals surface area contributed by atoms with Gasteiger partial charge in [-0.05, 0) is 50.0 Å². The van der Waals surface area contributed by atoms with Gasteiger partial charge in [-0.15, -0.1) is 10.2 Å². The molecule has 1 aliphatic heterocycles. The van der Waals surface area contributed by atoms with Crippen LogP contribution >= 0.6 is 11.8 Å². The van der Waals surface area contributed by atoms with Gasteiger partial charge in [0.05, 0.1) is 16.0 Å². The molecule has 2 aromatic heterocycles. The number of thioether (sulfide) groups is 1. The largest absolute Gasteiger partial charge is 0.415 e. The minimum absolute atomic E-state index is 0.0440. The molecule has 0 N–H and O–H groups in total. The van der Waals surface area contributed by atoms with Crippen LogP contribution < -0.4 is 0 Å². The minimum atomic E-state index is -3.34. The van der Waals surface area contributed by atoms with Crippen molar-refractivity contribution in [2.75, 3.05) is 18.6 Å². The Bertz CT molecular complexity index is 1470. The van der Waals surface area contributed by atoms with Gasteiger partial charge in [0.2, 0.25) is 0 Å². The molecule has 3 heterocycles. The van der Waals surface area contributed by atoms with Crippen LogP contribution in [0.1, 0.15) is 57.9 Å². The number of sulfone groups is 1. The van der Waals surface area contributed by atoms with Crippen LogP contribution in [-0.4, -0.2) is 59.8 Å². The highest BCUT2D eigenvalue weighted by atomic mass is 32.2. The fourth-order valence-electron chi connectivity index (χ4n) is 5.05. The van der Waals surface area contributed by atoms with Crippen LogP contribution in [0, 0.1) is 0 Å². The summed E-state index contributed by atoms with van der Waals surface area (Å²) < 4.78 is 33.6. The van der Waals surface area contributed by atoms with Crippen LogP contribution in [0.25, 0.3) is 11.1 Å². The Balaban J connectivity index is 1.39. The molecule has 0 bridgehead atoms. The van der Waals surface area contributed by atoms with Crippen LogP contribution in [0.5, 0.6) is 0 Å². The van der Waals surface area contributed by atoms with Crippen molar-refractivity contribution < 1.29 is 12.8 Å². The minimum Gasteiger partial charge on any atom is -0.415 e. The van der Waals surface area contributed by atoms with Crippen LogP contribution in [0.15, 0.2) is 47.5 Å². The second kappa shape index (κ2) is 9.82. The summed E-state index contributed by atoms with van der Waals surface area (Å²) in [6, 6.07) is 11.1. The average Bonchev–Trinajstić information content (AvgIpc) is 3.61. The van der Waals surface area contributed by atoms with E-state index in [0.29, 0.717) is 10.5 Å². The molecule has 1 atom stereocenters. The van der Waals surface area contributed by atoms with E-state index in [1.165, 1.54) is 6.26 Å². The zero-order valence-electron chi connectivity index (χ0n) is 24.1. The van der Waals surface area contributed by atoms with Crippen LogP contribution in [-0.2, 0) is 32.6 Å². The fraction of sp³-hybridized carbons (Fsp3) is 0.552. The molecule has 210 valence electrons. The average molecular weight is 585 g/mol. The van der Waals surface area contributed by atoms with E-state index >= 15 is 0 Å². The highest BCUT2D eigenvalue weighted by molar-refractivity contribution is 8.00. The van der Waals surface area contributed by atoms with Crippen molar-refractivity contribution in [3.05, 3.63) is 59.9 Å². The smallest absolute Gasteiger partial charge is 0.192 e. The van der Waals surface area contributed by atoms with Crippen LogP contribution in [0.4, 0.5) is 0 Å². The lowest BCUT2D eigenvalue weighted by Crippen LogP contribution is -2.45. The summed E-state index contributed by atoms with van der Waals surface area (Å²) in [6.45, 7) is 15.4. The molecule has 0 saturated heterocycles. The third-order valence-electron chi connectivity index (χ3n) is 8.70. The van der Waals surface area contributed by atoms with E-state index < -0.39 is 18.2 Å². The highest BCUT2D eigenvalue weighted by Crippen LogP contribution is 2.53. The first-order valence-electron chi connectivity index (χ1n) is 13.6. The molecule has 0 radical (unpaired) electrons. The maximum atomic E-state index is 12.3. The first-order valence-corrected chi connectivity index (χ1v) is 19.4. The Labute approximate surface area is 238 Å². The fourth-order valence-corrected chi connectivity index (χ4v) is 8.32. The van der Waals surface area contributed by atoms with Crippen LogP contribution in [0.2, 0.25) is 18.1 Å². The molecule has 1 fully saturated rings. The molecule has 3 aromatic rings. The molecular formula is C29H40N4O3S2Si. The van der Waals surface area contributed by atoms with Crippen molar-refractivity contribution in [1.82, 2.24) is 19.7 Å². The van der Waals surface area contributed by atoms with E-state index in [0.717, 1.165) is 61.1 Å². The van der Waals surface area contributed by atoms with Crippen molar-refractivity contribution in [2.24, 2.45) is 0 Å². The lowest BCUT2D eigenvalue weighted by atomic mass is 9.98. The zero-order valence-corrected chi connectivity index (χ0v) is 26.7. The van der Waals surface area contributed by atoms with E-state index in [4.69, 9.17) is 19.6 Å². The third-order valence-corrected chi connectivity index (χ3v) is 15.7. The van der Waals surface area contributed by atoms with Crippen molar-refractivity contribution in [3.8, 4) is 11.1 Å². The lowest BCUT2D eigenvalue weighted by Gasteiger charge is -2.39. The van der Waals surface area contributed by atoms with Crippen molar-refractivity contribution >= 4 is 29.9 Å². The molecule has 2 aliphatic rings. The summed E-state index contributed by atoms with van der Waals surface area (Å²) in [6.07, 6.45) is 5.83. The Morgan fingerprint density at radius 1 is 1.10 bits per heavy atom. The standard InChI is InChI=1S/C29H40N4O3S2Si/c1-27(2,3)39(6,7)36-20-28(4)18-25-31-32-26(33(25)16-17-37-28)29(14-15-29)24-13-12-21(19-30-24)22-10-8-9-11-23(22)38(5,34)35/h8-13,19H,14-18,20H2,1-7H3/t28-/m1/s1. The molecule has 5 rings (SSSR count). The monoisotopic (exact) mass is 584 g/mol. The Morgan fingerprint density at radius 3 is 2.44 bits per heavy atom. The summed E-state index contributed by atoms with van der Waals surface area (Å²) in [5.74, 6) is 3.02. The summed E-state index contributed by atoms with van der Waals surface area (Å²) >= 11 is 1.98. The molecule has 1 saturated carbocycles. The lowest BCUT2D eigenvalue weighted by molar-refractivity contribution is 0.252. The number of hydrogen-bond acceptors (Lipinski definition) is 7. The van der Waals surface area contributed by atoms with E-state index in [2.05, 4.69) is 45.4 Å². The van der Waals surface area contributed by atoms with Crippen LogP contribution in [0.3, 0.4) is 0 Å². The van der Waals surface area contributed by atoms with Gasteiger partial charge in [-0.25, -0.2) is 8.42 Å². The first-order chi connectivity index (χ1) is 18.2. The molecular weight excluding hydrogens is 545 g/mol. The molecule has 1 aliphatic carbocycles.